The van der Waals surface area contributed by atoms with Crippen molar-refractivity contribution in [2.75, 3.05) is 19.0 Å². The standard InChI is InChI=1S/C12H17N3O/c1-13-15-11-4-2-3-10(7-11)12(16)14-8-9-5-6-9/h2-4,7,9,13,15H,5-6,8H2,1H3,(H,14,16). The molecule has 0 spiro atoms. The van der Waals surface area contributed by atoms with Crippen molar-refractivity contribution >= 4 is 11.6 Å². The molecule has 0 bridgehead atoms. The highest BCUT2D eigenvalue weighted by molar-refractivity contribution is 5.95. The minimum absolute atomic E-state index is 0.00616. The number of rotatable bonds is 5. The molecule has 0 unspecified atom stereocenters. The number of carbonyl (C=O) groups is 1. The van der Waals surface area contributed by atoms with Crippen LogP contribution in [0.5, 0.6) is 0 Å². The van der Waals surface area contributed by atoms with E-state index in [1.807, 2.05) is 24.3 Å². The molecule has 1 aromatic carbocycles. The molecular formula is C12H17N3O. The first-order valence-electron chi connectivity index (χ1n) is 5.60. The van der Waals surface area contributed by atoms with E-state index < -0.39 is 0 Å². The van der Waals surface area contributed by atoms with E-state index in [9.17, 15) is 4.79 Å². The third-order valence-electron chi connectivity index (χ3n) is 2.64. The summed E-state index contributed by atoms with van der Waals surface area (Å²) in [5, 5.41) is 2.94. The molecule has 1 amide bonds. The van der Waals surface area contributed by atoms with Crippen LogP contribution in [0.3, 0.4) is 0 Å². The minimum Gasteiger partial charge on any atom is -0.352 e. The van der Waals surface area contributed by atoms with Crippen molar-refractivity contribution in [3.05, 3.63) is 29.8 Å². The SMILES string of the molecule is CNNc1cccc(C(=O)NCC2CC2)c1. The number of hydrazine groups is 1. The molecule has 1 aromatic rings. The summed E-state index contributed by atoms with van der Waals surface area (Å²) in [7, 11) is 1.79. The summed E-state index contributed by atoms with van der Waals surface area (Å²) < 4.78 is 0. The zero-order chi connectivity index (χ0) is 11.4. The third-order valence-corrected chi connectivity index (χ3v) is 2.64. The lowest BCUT2D eigenvalue weighted by molar-refractivity contribution is 0.0952. The fraction of sp³-hybridized carbons (Fsp3) is 0.417. The highest BCUT2D eigenvalue weighted by atomic mass is 16.1. The van der Waals surface area contributed by atoms with Crippen LogP contribution in [0.1, 0.15) is 23.2 Å². The molecule has 1 fully saturated rings. The first kappa shape index (κ1) is 11.0. The van der Waals surface area contributed by atoms with Crippen molar-refractivity contribution in [3.63, 3.8) is 0 Å². The van der Waals surface area contributed by atoms with Gasteiger partial charge in [0.05, 0.1) is 0 Å². The Kier molecular flexibility index (Phi) is 3.41. The topological polar surface area (TPSA) is 53.2 Å². The van der Waals surface area contributed by atoms with Crippen LogP contribution in [-0.2, 0) is 0 Å². The maximum absolute atomic E-state index is 11.8. The van der Waals surface area contributed by atoms with Gasteiger partial charge in [-0.3, -0.25) is 4.79 Å². The largest absolute Gasteiger partial charge is 0.352 e. The number of nitrogens with one attached hydrogen (secondary N) is 3. The Morgan fingerprint density at radius 2 is 2.25 bits per heavy atom. The van der Waals surface area contributed by atoms with Crippen LogP contribution in [-0.4, -0.2) is 19.5 Å². The van der Waals surface area contributed by atoms with Crippen molar-refractivity contribution in [1.82, 2.24) is 10.7 Å². The number of benzene rings is 1. The first-order chi connectivity index (χ1) is 7.79. The fourth-order valence-corrected chi connectivity index (χ4v) is 1.54. The lowest BCUT2D eigenvalue weighted by Gasteiger charge is -2.07. The molecule has 1 saturated carbocycles. The lowest BCUT2D eigenvalue weighted by Crippen LogP contribution is -2.25. The maximum atomic E-state index is 11.8. The zero-order valence-electron chi connectivity index (χ0n) is 9.42. The van der Waals surface area contributed by atoms with E-state index >= 15 is 0 Å². The Morgan fingerprint density at radius 3 is 2.94 bits per heavy atom. The first-order valence-corrected chi connectivity index (χ1v) is 5.60. The Morgan fingerprint density at radius 1 is 1.44 bits per heavy atom. The van der Waals surface area contributed by atoms with E-state index in [-0.39, 0.29) is 5.91 Å². The van der Waals surface area contributed by atoms with Crippen molar-refractivity contribution in [3.8, 4) is 0 Å². The van der Waals surface area contributed by atoms with Gasteiger partial charge in [-0.1, -0.05) is 6.07 Å². The zero-order valence-corrected chi connectivity index (χ0v) is 9.42. The molecule has 1 aliphatic carbocycles. The molecule has 4 heteroatoms. The average Bonchev–Trinajstić information content (AvgIpc) is 3.10. The normalized spacial score (nSPS) is 14.6. The summed E-state index contributed by atoms with van der Waals surface area (Å²) in [5.74, 6) is 0.717. The summed E-state index contributed by atoms with van der Waals surface area (Å²) in [4.78, 5) is 11.8. The van der Waals surface area contributed by atoms with Gasteiger partial charge in [0.1, 0.15) is 0 Å². The molecule has 0 aromatic heterocycles. The van der Waals surface area contributed by atoms with Crippen molar-refractivity contribution in [2.45, 2.75) is 12.8 Å². The molecule has 3 N–H and O–H groups in total. The molecule has 1 aliphatic rings. The van der Waals surface area contributed by atoms with Crippen LogP contribution in [0, 0.1) is 5.92 Å². The molecule has 0 heterocycles. The third kappa shape index (κ3) is 2.97. The van der Waals surface area contributed by atoms with Crippen molar-refractivity contribution < 1.29 is 4.79 Å². The van der Waals surface area contributed by atoms with Crippen LogP contribution >= 0.6 is 0 Å². The predicted octanol–water partition coefficient (Wildman–Crippen LogP) is 1.37. The molecule has 0 radical (unpaired) electrons. The van der Waals surface area contributed by atoms with Gasteiger partial charge in [0.2, 0.25) is 0 Å². The monoisotopic (exact) mass is 219 g/mol. The smallest absolute Gasteiger partial charge is 0.251 e. The average molecular weight is 219 g/mol. The molecule has 4 nitrogen and oxygen atoms in total. The molecule has 86 valence electrons. The second kappa shape index (κ2) is 4.99. The Labute approximate surface area is 95.4 Å². The van der Waals surface area contributed by atoms with Crippen LogP contribution in [0.2, 0.25) is 0 Å². The number of hydrogen-bond donors (Lipinski definition) is 3. The van der Waals surface area contributed by atoms with Crippen LogP contribution in [0.25, 0.3) is 0 Å². The van der Waals surface area contributed by atoms with Gasteiger partial charge in [-0.2, -0.15) is 0 Å². The quantitative estimate of drug-likeness (QED) is 0.656. The van der Waals surface area contributed by atoms with Crippen LogP contribution in [0.4, 0.5) is 5.69 Å². The van der Waals surface area contributed by atoms with Crippen molar-refractivity contribution in [2.24, 2.45) is 5.92 Å². The maximum Gasteiger partial charge on any atom is 0.251 e. The van der Waals surface area contributed by atoms with E-state index in [1.165, 1.54) is 12.8 Å². The van der Waals surface area contributed by atoms with Gasteiger partial charge in [0.15, 0.2) is 0 Å². The number of amides is 1. The highest BCUT2D eigenvalue weighted by Gasteiger charge is 2.21. The number of hydrogen-bond acceptors (Lipinski definition) is 3. The van der Waals surface area contributed by atoms with E-state index in [1.54, 1.807) is 7.05 Å². The van der Waals surface area contributed by atoms with E-state index in [0.717, 1.165) is 12.2 Å². The van der Waals surface area contributed by atoms with Gasteiger partial charge >= 0.3 is 0 Å². The Bertz CT molecular complexity index is 374. The molecule has 0 atom stereocenters. The van der Waals surface area contributed by atoms with Crippen LogP contribution < -0.4 is 16.2 Å². The van der Waals surface area contributed by atoms with E-state index in [2.05, 4.69) is 16.2 Å². The number of carbonyl (C=O) groups excluding carboxylic acids is 1. The predicted molar refractivity (Wildman–Crippen MR) is 64.2 cm³/mol. The van der Waals surface area contributed by atoms with Gasteiger partial charge in [0.25, 0.3) is 5.91 Å². The van der Waals surface area contributed by atoms with Gasteiger partial charge in [-0.05, 0) is 37.0 Å². The van der Waals surface area contributed by atoms with E-state index in [0.29, 0.717) is 11.5 Å². The second-order valence-corrected chi connectivity index (χ2v) is 4.11. The van der Waals surface area contributed by atoms with Gasteiger partial charge in [-0.15, -0.1) is 0 Å². The minimum atomic E-state index is 0.00616. The highest BCUT2D eigenvalue weighted by Crippen LogP contribution is 2.27. The summed E-state index contributed by atoms with van der Waals surface area (Å²) in [6.07, 6.45) is 2.50. The van der Waals surface area contributed by atoms with Gasteiger partial charge in [-0.25, -0.2) is 5.43 Å². The lowest BCUT2D eigenvalue weighted by atomic mass is 10.2. The molecule has 0 saturated heterocycles. The second-order valence-electron chi connectivity index (χ2n) is 4.11. The Hall–Kier alpha value is -1.55. The van der Waals surface area contributed by atoms with Gasteiger partial charge in [0, 0.05) is 24.8 Å². The Balaban J connectivity index is 1.94. The fourth-order valence-electron chi connectivity index (χ4n) is 1.54. The van der Waals surface area contributed by atoms with Gasteiger partial charge < -0.3 is 10.7 Å². The molecule has 2 rings (SSSR count). The summed E-state index contributed by atoms with van der Waals surface area (Å²) in [6.45, 7) is 0.808. The molecule has 0 aliphatic heterocycles. The van der Waals surface area contributed by atoms with Crippen LogP contribution in [0.15, 0.2) is 24.3 Å². The summed E-state index contributed by atoms with van der Waals surface area (Å²) in [6, 6.07) is 7.43. The van der Waals surface area contributed by atoms with E-state index in [4.69, 9.17) is 0 Å². The summed E-state index contributed by atoms with van der Waals surface area (Å²) in [5.41, 5.74) is 7.36. The molecular weight excluding hydrogens is 202 g/mol. The summed E-state index contributed by atoms with van der Waals surface area (Å²) >= 11 is 0. The number of anilines is 1. The molecule has 16 heavy (non-hydrogen) atoms. The van der Waals surface area contributed by atoms with Crippen molar-refractivity contribution in [1.29, 1.82) is 0 Å².